The van der Waals surface area contributed by atoms with Gasteiger partial charge in [0.25, 0.3) is 15.2 Å². The number of nitrogens with two attached hydrogens (primary N) is 1. The van der Waals surface area contributed by atoms with Crippen molar-refractivity contribution in [3.8, 4) is 0 Å². The van der Waals surface area contributed by atoms with Gasteiger partial charge in [0.15, 0.2) is 0 Å². The van der Waals surface area contributed by atoms with Gasteiger partial charge < -0.3 is 4.74 Å². The Balaban J connectivity index is 2.87. The van der Waals surface area contributed by atoms with Crippen molar-refractivity contribution in [3.63, 3.8) is 0 Å². The van der Waals surface area contributed by atoms with Crippen LogP contribution in [0.25, 0.3) is 0 Å². The maximum absolute atomic E-state index is 10.9. The summed E-state index contributed by atoms with van der Waals surface area (Å²) in [5.74, 6) is 0.422. The molecule has 0 aliphatic heterocycles. The lowest BCUT2D eigenvalue weighted by molar-refractivity contribution is 0.0216. The number of rotatable bonds is 4. The van der Waals surface area contributed by atoms with Crippen molar-refractivity contribution in [2.24, 2.45) is 5.14 Å². The second-order valence-corrected chi connectivity index (χ2v) is 5.21. The van der Waals surface area contributed by atoms with Crippen LogP contribution in [0.15, 0.2) is 5.16 Å². The third kappa shape index (κ3) is 3.26. The molecule has 1 aromatic heterocycles. The Morgan fingerprint density at radius 1 is 1.53 bits per heavy atom. The molecule has 1 aromatic rings. The van der Waals surface area contributed by atoms with Gasteiger partial charge in [-0.15, -0.1) is 5.10 Å². The van der Waals surface area contributed by atoms with Crippen molar-refractivity contribution >= 4 is 10.0 Å². The van der Waals surface area contributed by atoms with Crippen LogP contribution in [0.2, 0.25) is 0 Å². The Morgan fingerprint density at radius 2 is 2.13 bits per heavy atom. The van der Waals surface area contributed by atoms with Crippen LogP contribution in [0.1, 0.15) is 19.7 Å². The summed E-state index contributed by atoms with van der Waals surface area (Å²) in [6.45, 7) is 3.71. The van der Waals surface area contributed by atoms with Gasteiger partial charge in [-0.25, -0.2) is 18.5 Å². The number of nitrogens with one attached hydrogen (secondary N) is 1. The lowest BCUT2D eigenvalue weighted by atomic mass is 10.1. The molecule has 0 aliphatic rings. The van der Waals surface area contributed by atoms with Crippen LogP contribution in [0.4, 0.5) is 0 Å². The largest absolute Gasteiger partial charge is 0.378 e. The van der Waals surface area contributed by atoms with E-state index in [9.17, 15) is 8.42 Å². The van der Waals surface area contributed by atoms with E-state index in [1.807, 2.05) is 13.8 Å². The van der Waals surface area contributed by atoms with Gasteiger partial charge in [0.05, 0.1) is 5.60 Å². The van der Waals surface area contributed by atoms with E-state index in [-0.39, 0.29) is 0 Å². The van der Waals surface area contributed by atoms with Gasteiger partial charge >= 0.3 is 0 Å². The number of H-pyrrole nitrogens is 1. The van der Waals surface area contributed by atoms with Gasteiger partial charge in [-0.3, -0.25) is 5.10 Å². The van der Waals surface area contributed by atoms with Crippen LogP contribution in [0.5, 0.6) is 0 Å². The van der Waals surface area contributed by atoms with E-state index in [0.29, 0.717) is 12.2 Å². The number of hydrogen-bond donors (Lipinski definition) is 2. The Bertz CT molecular complexity index is 437. The van der Waals surface area contributed by atoms with Gasteiger partial charge in [0.1, 0.15) is 5.82 Å². The third-order valence-electron chi connectivity index (χ3n) is 1.91. The lowest BCUT2D eigenvalue weighted by Crippen LogP contribution is -2.26. The van der Waals surface area contributed by atoms with Gasteiger partial charge in [0, 0.05) is 13.5 Å². The predicted octanol–water partition coefficient (Wildman–Crippen LogP) is -0.580. The molecule has 86 valence electrons. The molecule has 0 fully saturated rings. The van der Waals surface area contributed by atoms with Crippen molar-refractivity contribution < 1.29 is 13.2 Å². The summed E-state index contributed by atoms with van der Waals surface area (Å²) in [7, 11) is -2.27. The third-order valence-corrected chi connectivity index (χ3v) is 2.60. The molecular formula is C7H14N4O3S. The minimum atomic E-state index is -3.84. The van der Waals surface area contributed by atoms with Crippen molar-refractivity contribution in [2.75, 3.05) is 7.11 Å². The Hall–Kier alpha value is -0.990. The molecule has 0 aromatic carbocycles. The SMILES string of the molecule is COC(C)(C)Cc1nc(S(N)(=O)=O)n[nH]1. The number of aromatic amines is 1. The molecule has 0 radical (unpaired) electrons. The van der Waals surface area contributed by atoms with Crippen LogP contribution < -0.4 is 5.14 Å². The Morgan fingerprint density at radius 3 is 2.53 bits per heavy atom. The highest BCUT2D eigenvalue weighted by atomic mass is 32.2. The fourth-order valence-corrected chi connectivity index (χ4v) is 1.37. The van der Waals surface area contributed by atoms with Crippen molar-refractivity contribution in [3.05, 3.63) is 5.82 Å². The summed E-state index contributed by atoms with van der Waals surface area (Å²) < 4.78 is 26.9. The monoisotopic (exact) mass is 234 g/mol. The topological polar surface area (TPSA) is 111 Å². The first kappa shape index (κ1) is 12.1. The molecule has 0 amide bonds. The van der Waals surface area contributed by atoms with E-state index in [1.165, 1.54) is 0 Å². The molecule has 8 heteroatoms. The minimum Gasteiger partial charge on any atom is -0.378 e. The number of methoxy groups -OCH3 is 1. The van der Waals surface area contributed by atoms with Crippen molar-refractivity contribution in [1.29, 1.82) is 0 Å². The lowest BCUT2D eigenvalue weighted by Gasteiger charge is -2.20. The first-order chi connectivity index (χ1) is 6.74. The molecule has 0 aliphatic carbocycles. The fraction of sp³-hybridized carbons (Fsp3) is 0.714. The van der Waals surface area contributed by atoms with E-state index < -0.39 is 20.8 Å². The summed E-state index contributed by atoms with van der Waals surface area (Å²) >= 11 is 0. The van der Waals surface area contributed by atoms with Crippen molar-refractivity contribution in [1.82, 2.24) is 15.2 Å². The van der Waals surface area contributed by atoms with E-state index in [0.717, 1.165) is 0 Å². The first-order valence-electron chi connectivity index (χ1n) is 4.24. The number of nitrogens with zero attached hydrogens (tertiary/aromatic N) is 2. The average Bonchev–Trinajstić information content (AvgIpc) is 2.51. The van der Waals surface area contributed by atoms with Gasteiger partial charge in [-0.05, 0) is 13.8 Å². The van der Waals surface area contributed by atoms with E-state index >= 15 is 0 Å². The highest BCUT2D eigenvalue weighted by Gasteiger charge is 2.21. The van der Waals surface area contributed by atoms with E-state index in [4.69, 9.17) is 9.88 Å². The summed E-state index contributed by atoms with van der Waals surface area (Å²) in [6, 6.07) is 0. The average molecular weight is 234 g/mol. The van der Waals surface area contributed by atoms with Crippen LogP contribution >= 0.6 is 0 Å². The molecule has 15 heavy (non-hydrogen) atoms. The quantitative estimate of drug-likeness (QED) is 0.724. The highest BCUT2D eigenvalue weighted by Crippen LogP contribution is 2.13. The molecular weight excluding hydrogens is 220 g/mol. The molecule has 0 saturated carbocycles. The Labute approximate surface area is 88.1 Å². The maximum atomic E-state index is 10.9. The summed E-state index contributed by atoms with van der Waals surface area (Å²) in [4.78, 5) is 3.76. The van der Waals surface area contributed by atoms with Crippen LogP contribution in [-0.4, -0.2) is 36.3 Å². The molecule has 1 rings (SSSR count). The molecule has 0 saturated heterocycles. The molecule has 0 unspecified atom stereocenters. The predicted molar refractivity (Wildman–Crippen MR) is 52.5 cm³/mol. The number of hydrogen-bond acceptors (Lipinski definition) is 5. The second-order valence-electron chi connectivity index (χ2n) is 3.75. The maximum Gasteiger partial charge on any atom is 0.282 e. The van der Waals surface area contributed by atoms with Crippen LogP contribution in [0, 0.1) is 0 Å². The molecule has 0 bridgehead atoms. The molecule has 0 spiro atoms. The van der Waals surface area contributed by atoms with Crippen molar-refractivity contribution in [2.45, 2.75) is 31.0 Å². The van der Waals surface area contributed by atoms with Gasteiger partial charge in [0.2, 0.25) is 0 Å². The van der Waals surface area contributed by atoms with Crippen LogP contribution in [-0.2, 0) is 21.2 Å². The zero-order valence-corrected chi connectivity index (χ0v) is 9.63. The minimum absolute atomic E-state index is 0.399. The van der Waals surface area contributed by atoms with Gasteiger partial charge in [-0.2, -0.15) is 0 Å². The Kier molecular flexibility index (Phi) is 3.12. The summed E-state index contributed by atoms with van der Waals surface area (Å²) in [5, 5.41) is 10.5. The molecule has 1 heterocycles. The number of primary sulfonamides is 1. The summed E-state index contributed by atoms with van der Waals surface area (Å²) in [5.41, 5.74) is -0.435. The molecule has 0 atom stereocenters. The number of ether oxygens (including phenoxy) is 1. The van der Waals surface area contributed by atoms with Gasteiger partial charge in [-0.1, -0.05) is 0 Å². The second kappa shape index (κ2) is 3.87. The first-order valence-corrected chi connectivity index (χ1v) is 5.78. The highest BCUT2D eigenvalue weighted by molar-refractivity contribution is 7.89. The molecule has 3 N–H and O–H groups in total. The fourth-order valence-electron chi connectivity index (χ4n) is 0.960. The number of sulfonamides is 1. The standard InChI is InChI=1S/C7H14N4O3S/c1-7(2,14-3)4-5-9-6(11-10-5)15(8,12)13/h4H2,1-3H3,(H2,8,12,13)(H,9,10,11). The van der Waals surface area contributed by atoms with E-state index in [2.05, 4.69) is 15.2 Å². The molecule has 7 nitrogen and oxygen atoms in total. The number of aromatic nitrogens is 3. The zero-order valence-electron chi connectivity index (χ0n) is 8.81. The summed E-state index contributed by atoms with van der Waals surface area (Å²) in [6.07, 6.45) is 0.423. The van der Waals surface area contributed by atoms with Crippen LogP contribution in [0.3, 0.4) is 0 Å². The van der Waals surface area contributed by atoms with E-state index in [1.54, 1.807) is 7.11 Å². The zero-order chi connectivity index (χ0) is 11.7. The smallest absolute Gasteiger partial charge is 0.282 e. The normalized spacial score (nSPS) is 13.1.